The maximum Gasteiger partial charge on any atom is 0.273 e. The van der Waals surface area contributed by atoms with E-state index in [0.29, 0.717) is 12.8 Å². The number of hydrogen-bond donors (Lipinski definition) is 2. The van der Waals surface area contributed by atoms with Gasteiger partial charge in [0.15, 0.2) is 11.5 Å². The van der Waals surface area contributed by atoms with E-state index in [1.165, 1.54) is 12.1 Å². The Balaban J connectivity index is 1.66. The van der Waals surface area contributed by atoms with Gasteiger partial charge < -0.3 is 14.9 Å². The Bertz CT molecular complexity index is 698. The van der Waals surface area contributed by atoms with Gasteiger partial charge in [-0.05, 0) is 36.5 Å². The predicted octanol–water partition coefficient (Wildman–Crippen LogP) is 2.47. The molecule has 2 heterocycles. The maximum atomic E-state index is 13.7. The zero-order chi connectivity index (χ0) is 16.3. The molecule has 5 nitrogen and oxygen atoms in total. The second-order valence-electron chi connectivity index (χ2n) is 5.58. The first-order chi connectivity index (χ1) is 11.1. The minimum absolute atomic E-state index is 0.0667. The monoisotopic (exact) mass is 336 g/mol. The largest absolute Gasteiger partial charge is 0.388 e. The van der Waals surface area contributed by atoms with Crippen LogP contribution in [-0.4, -0.2) is 39.8 Å². The number of carbonyl (C=O) groups excluding carboxylic acids is 1. The lowest BCUT2D eigenvalue weighted by molar-refractivity contribution is 0.0310. The van der Waals surface area contributed by atoms with Crippen LogP contribution in [0, 0.1) is 5.82 Å². The molecule has 0 spiro atoms. The normalized spacial score (nSPS) is 17.0. The first kappa shape index (κ1) is 16.0. The lowest BCUT2D eigenvalue weighted by Crippen LogP contribution is -2.45. The van der Waals surface area contributed by atoms with Crippen LogP contribution in [0.5, 0.6) is 0 Å². The summed E-state index contributed by atoms with van der Waals surface area (Å²) < 4.78 is 18.8. The van der Waals surface area contributed by atoms with Crippen molar-refractivity contribution in [3.05, 3.63) is 41.8 Å². The fourth-order valence-electron chi connectivity index (χ4n) is 2.43. The summed E-state index contributed by atoms with van der Waals surface area (Å²) in [6.45, 7) is 0.175. The molecule has 3 rings (SSSR count). The highest BCUT2D eigenvalue weighted by molar-refractivity contribution is 7.99. The first-order valence-electron chi connectivity index (χ1n) is 7.37. The fraction of sp³-hybridized carbons (Fsp3) is 0.375. The Labute approximate surface area is 137 Å². The zero-order valence-corrected chi connectivity index (χ0v) is 13.2. The van der Waals surface area contributed by atoms with Crippen molar-refractivity contribution < 1.29 is 18.8 Å². The highest BCUT2D eigenvalue weighted by Gasteiger charge is 2.30. The number of nitrogens with zero attached hydrogens (tertiary/aromatic N) is 1. The van der Waals surface area contributed by atoms with Crippen LogP contribution in [0.15, 0.2) is 34.9 Å². The summed E-state index contributed by atoms with van der Waals surface area (Å²) in [4.78, 5) is 12.1. The molecule has 0 atom stereocenters. The summed E-state index contributed by atoms with van der Waals surface area (Å²) in [7, 11) is 0. The Morgan fingerprint density at radius 3 is 2.87 bits per heavy atom. The molecule has 1 aliphatic heterocycles. The van der Waals surface area contributed by atoms with Gasteiger partial charge in [0.1, 0.15) is 5.82 Å². The fourth-order valence-corrected chi connectivity index (χ4v) is 3.69. The molecule has 0 bridgehead atoms. The number of rotatable bonds is 4. The topological polar surface area (TPSA) is 75.4 Å². The Kier molecular flexibility index (Phi) is 4.68. The van der Waals surface area contributed by atoms with Crippen LogP contribution in [0.4, 0.5) is 4.39 Å². The lowest BCUT2D eigenvalue weighted by atomic mass is 9.97. The van der Waals surface area contributed by atoms with Crippen LogP contribution in [0.25, 0.3) is 11.3 Å². The quantitative estimate of drug-likeness (QED) is 0.897. The molecular formula is C16H17FN2O3S. The smallest absolute Gasteiger partial charge is 0.273 e. The third-order valence-corrected chi connectivity index (χ3v) is 4.87. The summed E-state index contributed by atoms with van der Waals surface area (Å²) in [5.41, 5.74) is -0.544. The zero-order valence-electron chi connectivity index (χ0n) is 12.4. The van der Waals surface area contributed by atoms with Crippen molar-refractivity contribution >= 4 is 17.7 Å². The number of amides is 1. The van der Waals surface area contributed by atoms with Crippen LogP contribution >= 0.6 is 11.8 Å². The van der Waals surface area contributed by atoms with Gasteiger partial charge in [0.25, 0.3) is 5.91 Å². The first-order valence-corrected chi connectivity index (χ1v) is 8.53. The molecule has 1 saturated heterocycles. The molecule has 2 aromatic rings. The molecule has 1 amide bonds. The van der Waals surface area contributed by atoms with Crippen LogP contribution < -0.4 is 5.32 Å². The van der Waals surface area contributed by atoms with Crippen molar-refractivity contribution in [2.75, 3.05) is 18.1 Å². The van der Waals surface area contributed by atoms with Crippen LogP contribution in [0.1, 0.15) is 23.3 Å². The van der Waals surface area contributed by atoms with Gasteiger partial charge in [-0.25, -0.2) is 4.39 Å². The Morgan fingerprint density at radius 2 is 2.13 bits per heavy atom. The van der Waals surface area contributed by atoms with E-state index in [2.05, 4.69) is 10.5 Å². The molecular weight excluding hydrogens is 319 g/mol. The Morgan fingerprint density at radius 1 is 1.39 bits per heavy atom. The minimum atomic E-state index is -0.862. The van der Waals surface area contributed by atoms with Gasteiger partial charge in [0.05, 0.1) is 11.2 Å². The number of thioether (sulfide) groups is 1. The molecule has 0 unspecified atom stereocenters. The molecule has 1 aliphatic rings. The number of benzene rings is 1. The maximum absolute atomic E-state index is 13.7. The molecule has 0 aliphatic carbocycles. The molecule has 2 N–H and O–H groups in total. The predicted molar refractivity (Wildman–Crippen MR) is 85.7 cm³/mol. The van der Waals surface area contributed by atoms with E-state index < -0.39 is 17.3 Å². The summed E-state index contributed by atoms with van der Waals surface area (Å²) in [5, 5.41) is 16.7. The third-order valence-electron chi connectivity index (χ3n) is 3.88. The highest BCUT2D eigenvalue weighted by Crippen LogP contribution is 2.26. The van der Waals surface area contributed by atoms with Gasteiger partial charge in [0, 0.05) is 12.6 Å². The number of hydrogen-bond acceptors (Lipinski definition) is 5. The third kappa shape index (κ3) is 3.73. The Hall–Kier alpha value is -1.86. The molecule has 1 fully saturated rings. The molecule has 7 heteroatoms. The highest BCUT2D eigenvalue weighted by atomic mass is 32.2. The van der Waals surface area contributed by atoms with Crippen LogP contribution in [-0.2, 0) is 0 Å². The second kappa shape index (κ2) is 6.72. The molecule has 0 radical (unpaired) electrons. The van der Waals surface area contributed by atoms with Crippen molar-refractivity contribution in [2.24, 2.45) is 0 Å². The molecule has 0 saturated carbocycles. The molecule has 1 aromatic heterocycles. The standard InChI is InChI=1S/C16H17FN2O3S/c17-12-4-2-1-3-11(12)14-9-13(19-22-14)15(20)18-10-16(21)5-7-23-8-6-16/h1-4,9,21H,5-8,10H2,(H,18,20). The number of carbonyl (C=O) groups is 1. The van der Waals surface area contributed by atoms with E-state index in [-0.39, 0.29) is 23.6 Å². The van der Waals surface area contributed by atoms with E-state index >= 15 is 0 Å². The van der Waals surface area contributed by atoms with E-state index in [1.807, 2.05) is 0 Å². The SMILES string of the molecule is O=C(NCC1(O)CCSCC1)c1cc(-c2ccccc2F)on1. The van der Waals surface area contributed by atoms with Crippen LogP contribution in [0.3, 0.4) is 0 Å². The van der Waals surface area contributed by atoms with E-state index in [4.69, 9.17) is 4.52 Å². The van der Waals surface area contributed by atoms with Gasteiger partial charge >= 0.3 is 0 Å². The van der Waals surface area contributed by atoms with Gasteiger partial charge in [-0.15, -0.1) is 0 Å². The van der Waals surface area contributed by atoms with Crippen molar-refractivity contribution in [3.63, 3.8) is 0 Å². The van der Waals surface area contributed by atoms with E-state index in [9.17, 15) is 14.3 Å². The van der Waals surface area contributed by atoms with E-state index in [1.54, 1.807) is 30.0 Å². The van der Waals surface area contributed by atoms with Crippen molar-refractivity contribution in [2.45, 2.75) is 18.4 Å². The molecule has 122 valence electrons. The van der Waals surface area contributed by atoms with Crippen LogP contribution in [0.2, 0.25) is 0 Å². The van der Waals surface area contributed by atoms with Crippen molar-refractivity contribution in [1.29, 1.82) is 0 Å². The molecule has 23 heavy (non-hydrogen) atoms. The average Bonchev–Trinajstić information content (AvgIpc) is 3.04. The summed E-state index contributed by atoms with van der Waals surface area (Å²) in [6, 6.07) is 7.52. The number of aromatic nitrogens is 1. The minimum Gasteiger partial charge on any atom is -0.388 e. The van der Waals surface area contributed by atoms with Crippen molar-refractivity contribution in [3.8, 4) is 11.3 Å². The van der Waals surface area contributed by atoms with Gasteiger partial charge in [-0.1, -0.05) is 17.3 Å². The van der Waals surface area contributed by atoms with Gasteiger partial charge in [0.2, 0.25) is 0 Å². The van der Waals surface area contributed by atoms with Gasteiger partial charge in [-0.2, -0.15) is 11.8 Å². The second-order valence-corrected chi connectivity index (χ2v) is 6.80. The number of aliphatic hydroxyl groups is 1. The molecule has 1 aromatic carbocycles. The summed E-state index contributed by atoms with van der Waals surface area (Å²) >= 11 is 1.79. The summed E-state index contributed by atoms with van der Waals surface area (Å²) in [5.74, 6) is 1.08. The summed E-state index contributed by atoms with van der Waals surface area (Å²) in [6.07, 6.45) is 1.30. The van der Waals surface area contributed by atoms with Crippen molar-refractivity contribution in [1.82, 2.24) is 10.5 Å². The lowest BCUT2D eigenvalue weighted by Gasteiger charge is -2.31. The van der Waals surface area contributed by atoms with Gasteiger partial charge in [-0.3, -0.25) is 4.79 Å². The average molecular weight is 336 g/mol. The number of nitrogens with one attached hydrogen (secondary N) is 1. The number of halogens is 1. The van der Waals surface area contributed by atoms with E-state index in [0.717, 1.165) is 11.5 Å².